The minimum atomic E-state index is -0.167. The van der Waals surface area contributed by atoms with Gasteiger partial charge in [0.2, 0.25) is 0 Å². The van der Waals surface area contributed by atoms with E-state index in [1.54, 1.807) is 7.11 Å². The quantitative estimate of drug-likeness (QED) is 0.871. The van der Waals surface area contributed by atoms with E-state index < -0.39 is 0 Å². The number of hydrogen-bond donors (Lipinski definition) is 1. The summed E-state index contributed by atoms with van der Waals surface area (Å²) in [4.78, 5) is 2.42. The zero-order chi connectivity index (χ0) is 13.0. The van der Waals surface area contributed by atoms with Crippen molar-refractivity contribution in [2.75, 3.05) is 25.1 Å². The van der Waals surface area contributed by atoms with Crippen molar-refractivity contribution in [1.82, 2.24) is 0 Å². The number of aliphatic hydroxyl groups excluding tert-OH is 1. The molecule has 1 saturated heterocycles. The van der Waals surface area contributed by atoms with Crippen molar-refractivity contribution in [3.63, 3.8) is 0 Å². The van der Waals surface area contributed by atoms with Crippen LogP contribution in [0.1, 0.15) is 26.2 Å². The van der Waals surface area contributed by atoms with Gasteiger partial charge in [0.1, 0.15) is 5.75 Å². The first-order chi connectivity index (χ1) is 8.69. The van der Waals surface area contributed by atoms with E-state index in [-0.39, 0.29) is 6.10 Å². The number of aliphatic hydroxyl groups is 1. The molecule has 0 spiro atoms. The molecule has 1 aliphatic heterocycles. The molecular formula is C15H23NO2. The molecule has 0 aliphatic carbocycles. The van der Waals surface area contributed by atoms with Gasteiger partial charge in [0, 0.05) is 18.8 Å². The lowest BCUT2D eigenvalue weighted by Gasteiger charge is -2.19. The molecule has 0 amide bonds. The number of anilines is 1. The molecule has 0 bridgehead atoms. The summed E-state index contributed by atoms with van der Waals surface area (Å²) in [6, 6.07) is 8.27. The van der Waals surface area contributed by atoms with Crippen LogP contribution in [0.4, 0.5) is 5.69 Å². The average Bonchev–Trinajstić information content (AvgIpc) is 2.85. The van der Waals surface area contributed by atoms with Crippen LogP contribution in [-0.4, -0.2) is 31.4 Å². The molecule has 1 heterocycles. The number of methoxy groups -OCH3 is 1. The van der Waals surface area contributed by atoms with Crippen LogP contribution < -0.4 is 9.64 Å². The second-order valence-electron chi connectivity index (χ2n) is 5.23. The van der Waals surface area contributed by atoms with Crippen LogP contribution in [0.15, 0.2) is 24.3 Å². The number of nitrogens with zero attached hydrogens (tertiary/aromatic N) is 1. The molecule has 0 radical (unpaired) electrons. The average molecular weight is 249 g/mol. The monoisotopic (exact) mass is 249 g/mol. The lowest BCUT2D eigenvalue weighted by molar-refractivity contribution is 0.175. The summed E-state index contributed by atoms with van der Waals surface area (Å²) in [5, 5.41) is 9.33. The summed E-state index contributed by atoms with van der Waals surface area (Å²) in [6.45, 7) is 4.10. The summed E-state index contributed by atoms with van der Waals surface area (Å²) >= 11 is 0. The van der Waals surface area contributed by atoms with Crippen molar-refractivity contribution in [1.29, 1.82) is 0 Å². The van der Waals surface area contributed by atoms with Gasteiger partial charge in [0.25, 0.3) is 0 Å². The fraction of sp³-hybridized carbons (Fsp3) is 0.600. The maximum Gasteiger partial charge on any atom is 0.119 e. The van der Waals surface area contributed by atoms with E-state index in [1.165, 1.54) is 12.1 Å². The maximum atomic E-state index is 9.33. The third-order valence-corrected chi connectivity index (χ3v) is 3.72. The number of ether oxygens (including phenoxy) is 1. The third kappa shape index (κ3) is 3.39. The summed E-state index contributed by atoms with van der Waals surface area (Å²) in [5.74, 6) is 1.63. The highest BCUT2D eigenvalue weighted by Gasteiger charge is 2.22. The first-order valence-corrected chi connectivity index (χ1v) is 6.76. The number of rotatable bonds is 5. The predicted molar refractivity (Wildman–Crippen MR) is 74.2 cm³/mol. The molecule has 2 rings (SSSR count). The molecule has 3 heteroatoms. The summed E-state index contributed by atoms with van der Waals surface area (Å²) < 4.78 is 5.17. The minimum Gasteiger partial charge on any atom is -0.497 e. The SMILES string of the molecule is COc1ccc(N2CCC(CCC(C)O)C2)cc1. The van der Waals surface area contributed by atoms with Gasteiger partial charge in [0.15, 0.2) is 0 Å². The molecule has 0 aromatic heterocycles. The largest absolute Gasteiger partial charge is 0.497 e. The van der Waals surface area contributed by atoms with E-state index in [0.29, 0.717) is 0 Å². The Morgan fingerprint density at radius 2 is 2.11 bits per heavy atom. The van der Waals surface area contributed by atoms with Crippen LogP contribution in [0.3, 0.4) is 0 Å². The van der Waals surface area contributed by atoms with E-state index in [9.17, 15) is 5.11 Å². The van der Waals surface area contributed by atoms with Crippen LogP contribution in [0.2, 0.25) is 0 Å². The standard InChI is InChI=1S/C15H23NO2/c1-12(17)3-4-13-9-10-16(11-13)14-5-7-15(18-2)8-6-14/h5-8,12-13,17H,3-4,9-11H2,1-2H3. The van der Waals surface area contributed by atoms with Gasteiger partial charge in [-0.15, -0.1) is 0 Å². The lowest BCUT2D eigenvalue weighted by atomic mass is 10.0. The normalized spacial score (nSPS) is 21.1. The van der Waals surface area contributed by atoms with Crippen molar-refractivity contribution in [2.24, 2.45) is 5.92 Å². The van der Waals surface area contributed by atoms with E-state index in [4.69, 9.17) is 4.74 Å². The molecule has 3 nitrogen and oxygen atoms in total. The molecule has 1 aromatic carbocycles. The van der Waals surface area contributed by atoms with E-state index in [2.05, 4.69) is 17.0 Å². The maximum absolute atomic E-state index is 9.33. The van der Waals surface area contributed by atoms with Crippen LogP contribution in [0.5, 0.6) is 5.75 Å². The molecule has 2 atom stereocenters. The number of benzene rings is 1. The first-order valence-electron chi connectivity index (χ1n) is 6.76. The lowest BCUT2D eigenvalue weighted by Crippen LogP contribution is -2.19. The molecular weight excluding hydrogens is 226 g/mol. The van der Waals surface area contributed by atoms with Gasteiger partial charge in [-0.05, 0) is 56.4 Å². The van der Waals surface area contributed by atoms with Gasteiger partial charge in [-0.25, -0.2) is 0 Å². The molecule has 1 fully saturated rings. The minimum absolute atomic E-state index is 0.167. The van der Waals surface area contributed by atoms with Gasteiger partial charge in [-0.2, -0.15) is 0 Å². The fourth-order valence-electron chi connectivity index (χ4n) is 2.57. The van der Waals surface area contributed by atoms with Gasteiger partial charge in [0.05, 0.1) is 13.2 Å². The smallest absolute Gasteiger partial charge is 0.119 e. The molecule has 2 unspecified atom stereocenters. The molecule has 18 heavy (non-hydrogen) atoms. The third-order valence-electron chi connectivity index (χ3n) is 3.72. The fourth-order valence-corrected chi connectivity index (χ4v) is 2.57. The van der Waals surface area contributed by atoms with Crippen molar-refractivity contribution >= 4 is 5.69 Å². The topological polar surface area (TPSA) is 32.7 Å². The zero-order valence-corrected chi connectivity index (χ0v) is 11.3. The second-order valence-corrected chi connectivity index (χ2v) is 5.23. The highest BCUT2D eigenvalue weighted by atomic mass is 16.5. The highest BCUT2D eigenvalue weighted by molar-refractivity contribution is 5.49. The molecule has 1 aliphatic rings. The zero-order valence-electron chi connectivity index (χ0n) is 11.3. The summed E-state index contributed by atoms with van der Waals surface area (Å²) in [7, 11) is 1.69. The Kier molecular flexibility index (Phi) is 4.48. The van der Waals surface area contributed by atoms with Crippen molar-refractivity contribution in [3.8, 4) is 5.75 Å². The molecule has 100 valence electrons. The van der Waals surface area contributed by atoms with Crippen molar-refractivity contribution in [3.05, 3.63) is 24.3 Å². The summed E-state index contributed by atoms with van der Waals surface area (Å²) in [5.41, 5.74) is 1.27. The Labute approximate surface area is 109 Å². The van der Waals surface area contributed by atoms with Crippen LogP contribution in [0.25, 0.3) is 0 Å². The predicted octanol–water partition coefficient (Wildman–Crippen LogP) is 2.68. The Balaban J connectivity index is 1.87. The van der Waals surface area contributed by atoms with Gasteiger partial charge < -0.3 is 14.7 Å². The van der Waals surface area contributed by atoms with Gasteiger partial charge in [-0.3, -0.25) is 0 Å². The van der Waals surface area contributed by atoms with Crippen LogP contribution in [-0.2, 0) is 0 Å². The van der Waals surface area contributed by atoms with Gasteiger partial charge >= 0.3 is 0 Å². The Hall–Kier alpha value is -1.22. The van der Waals surface area contributed by atoms with E-state index >= 15 is 0 Å². The molecule has 0 saturated carbocycles. The Bertz CT molecular complexity index is 361. The van der Waals surface area contributed by atoms with E-state index in [1.807, 2.05) is 19.1 Å². The van der Waals surface area contributed by atoms with Gasteiger partial charge in [-0.1, -0.05) is 0 Å². The first kappa shape index (κ1) is 13.2. The second kappa shape index (κ2) is 6.10. The summed E-state index contributed by atoms with van der Waals surface area (Å²) in [6.07, 6.45) is 3.12. The Morgan fingerprint density at radius 1 is 1.39 bits per heavy atom. The van der Waals surface area contributed by atoms with Crippen molar-refractivity contribution in [2.45, 2.75) is 32.3 Å². The van der Waals surface area contributed by atoms with Crippen LogP contribution >= 0.6 is 0 Å². The van der Waals surface area contributed by atoms with E-state index in [0.717, 1.165) is 37.6 Å². The molecule has 1 N–H and O–H groups in total. The Morgan fingerprint density at radius 3 is 2.72 bits per heavy atom. The highest BCUT2D eigenvalue weighted by Crippen LogP contribution is 2.28. The molecule has 1 aromatic rings. The number of hydrogen-bond acceptors (Lipinski definition) is 3. The van der Waals surface area contributed by atoms with Crippen LogP contribution in [0, 0.1) is 5.92 Å². The van der Waals surface area contributed by atoms with Crippen molar-refractivity contribution < 1.29 is 9.84 Å².